The highest BCUT2D eigenvalue weighted by molar-refractivity contribution is 6.36. The number of carboxylic acids is 1. The minimum atomic E-state index is -1.41. The lowest BCUT2D eigenvalue weighted by atomic mass is 9.85. The Kier molecular flexibility index (Phi) is 11.0. The number of anilines is 1. The van der Waals surface area contributed by atoms with Crippen LogP contribution < -0.4 is 25.4 Å². The van der Waals surface area contributed by atoms with Gasteiger partial charge in [-0.15, -0.1) is 0 Å². The number of alkyl carbamates (subject to hydrolysis) is 1. The van der Waals surface area contributed by atoms with E-state index >= 15 is 0 Å². The molecule has 3 saturated carbocycles. The van der Waals surface area contributed by atoms with E-state index in [4.69, 9.17) is 35.8 Å². The van der Waals surface area contributed by atoms with Crippen LogP contribution in [-0.4, -0.2) is 93.4 Å². The Labute approximate surface area is 337 Å². The first-order valence-corrected chi connectivity index (χ1v) is 20.3. The van der Waals surface area contributed by atoms with Gasteiger partial charge in [0.2, 0.25) is 11.8 Å². The largest absolute Gasteiger partial charge is 0.495 e. The quantitative estimate of drug-likeness (QED) is 0.149. The number of methoxy groups -OCH3 is 1. The van der Waals surface area contributed by atoms with Crippen LogP contribution in [0.3, 0.4) is 0 Å². The van der Waals surface area contributed by atoms with Crippen LogP contribution >= 0.6 is 11.6 Å². The van der Waals surface area contributed by atoms with Crippen molar-refractivity contribution in [1.29, 1.82) is 0 Å². The van der Waals surface area contributed by atoms with E-state index in [0.717, 1.165) is 12.8 Å². The summed E-state index contributed by atoms with van der Waals surface area (Å²) in [5.74, 6) is 0.227. The molecule has 1 saturated heterocycles. The number of amides is 3. The van der Waals surface area contributed by atoms with E-state index in [0.29, 0.717) is 64.3 Å². The van der Waals surface area contributed by atoms with Crippen molar-refractivity contribution in [1.82, 2.24) is 25.5 Å². The number of pyridine rings is 2. The maximum Gasteiger partial charge on any atom is 0.408 e. The standard InChI is InChI=1S/C42H53ClN6O8/c1-8-24-19-42(24,39(52)53)48-37(50)30-17-26(20-49(30)38(51)36(41(4,5)6)47-40(54)57-25-15-22-14-23(22)16-25)56-32-18-29(28-10-9-11-33(45-28)44-21(2)3)46-35-27(32)12-13-31(55-7)34(35)43/h9-13,18,21-26,30,36H,8,14-17,19-20H2,1-7H3,(H,44,45)(H,47,54)(H,48,50)(H,52,53)/t22-,23+,24-,25+,26-,30+,36-,42-/m1/s1. The molecule has 8 atom stereocenters. The Morgan fingerprint density at radius 1 is 1.00 bits per heavy atom. The number of carbonyl (C=O) groups is 4. The van der Waals surface area contributed by atoms with Crippen LogP contribution in [0.1, 0.15) is 80.1 Å². The van der Waals surface area contributed by atoms with Gasteiger partial charge in [0.15, 0.2) is 0 Å². The Morgan fingerprint density at radius 2 is 1.74 bits per heavy atom. The molecule has 0 spiro atoms. The molecule has 1 aromatic carbocycles. The first-order valence-electron chi connectivity index (χ1n) is 19.9. The second kappa shape index (κ2) is 15.5. The molecule has 1 aliphatic heterocycles. The number of fused-ring (bicyclic) bond motifs is 2. The molecule has 4 N–H and O–H groups in total. The number of likely N-dealkylation sites (tertiary alicyclic amines) is 1. The summed E-state index contributed by atoms with van der Waals surface area (Å²) in [6.45, 7) is 11.4. The number of carboxylic acid groups (broad SMARTS) is 1. The number of hydrogen-bond acceptors (Lipinski definition) is 10. The van der Waals surface area contributed by atoms with Gasteiger partial charge in [0, 0.05) is 23.9 Å². The number of nitrogens with zero attached hydrogens (tertiary/aromatic N) is 3. The summed E-state index contributed by atoms with van der Waals surface area (Å²) >= 11 is 6.84. The van der Waals surface area contributed by atoms with Gasteiger partial charge in [0.05, 0.1) is 30.6 Å². The van der Waals surface area contributed by atoms with Crippen molar-refractivity contribution in [3.8, 4) is 22.9 Å². The molecule has 2 aromatic heterocycles. The molecule has 57 heavy (non-hydrogen) atoms. The van der Waals surface area contributed by atoms with Crippen molar-refractivity contribution in [3.05, 3.63) is 41.4 Å². The molecule has 14 nitrogen and oxygen atoms in total. The summed E-state index contributed by atoms with van der Waals surface area (Å²) in [7, 11) is 1.52. The van der Waals surface area contributed by atoms with Gasteiger partial charge in [-0.2, -0.15) is 0 Å². The van der Waals surface area contributed by atoms with Crippen molar-refractivity contribution >= 4 is 52.2 Å². The lowest BCUT2D eigenvalue weighted by Gasteiger charge is -2.35. The van der Waals surface area contributed by atoms with Gasteiger partial charge in [0.25, 0.3) is 0 Å². The van der Waals surface area contributed by atoms with E-state index in [2.05, 4.69) is 16.0 Å². The van der Waals surface area contributed by atoms with Crippen LogP contribution in [-0.2, 0) is 19.1 Å². The molecule has 3 aliphatic carbocycles. The van der Waals surface area contributed by atoms with Crippen molar-refractivity contribution in [2.24, 2.45) is 23.2 Å². The summed E-state index contributed by atoms with van der Waals surface area (Å²) in [5.41, 5.74) is -0.756. The van der Waals surface area contributed by atoms with Crippen molar-refractivity contribution in [2.75, 3.05) is 19.0 Å². The average molecular weight is 805 g/mol. The Hall–Kier alpha value is -4.85. The topological polar surface area (TPSA) is 181 Å². The molecule has 3 heterocycles. The van der Waals surface area contributed by atoms with Crippen molar-refractivity contribution in [3.63, 3.8) is 0 Å². The maximum absolute atomic E-state index is 14.7. The molecule has 15 heteroatoms. The molecule has 3 amide bonds. The van der Waals surface area contributed by atoms with E-state index in [1.54, 1.807) is 18.2 Å². The van der Waals surface area contributed by atoms with Crippen LogP contribution in [0, 0.1) is 23.2 Å². The third-order valence-electron chi connectivity index (χ3n) is 11.8. The zero-order valence-electron chi connectivity index (χ0n) is 33.6. The van der Waals surface area contributed by atoms with E-state index in [1.807, 2.05) is 59.7 Å². The highest BCUT2D eigenvalue weighted by Gasteiger charge is 2.61. The molecule has 0 radical (unpaired) electrons. The predicted molar refractivity (Wildman–Crippen MR) is 214 cm³/mol. The second-order valence-electron chi connectivity index (χ2n) is 17.4. The number of hydrogen-bond donors (Lipinski definition) is 4. The van der Waals surface area contributed by atoms with Gasteiger partial charge in [-0.3, -0.25) is 9.59 Å². The molecule has 306 valence electrons. The molecule has 4 aliphatic rings. The first kappa shape index (κ1) is 40.4. The molecule has 0 unspecified atom stereocenters. The van der Waals surface area contributed by atoms with Gasteiger partial charge in [-0.1, -0.05) is 51.8 Å². The zero-order valence-corrected chi connectivity index (χ0v) is 34.3. The normalized spacial score (nSPS) is 26.7. The highest BCUT2D eigenvalue weighted by Crippen LogP contribution is 2.52. The monoisotopic (exact) mass is 804 g/mol. The number of carbonyl (C=O) groups excluding carboxylic acids is 3. The molecular formula is C42H53ClN6O8. The predicted octanol–water partition coefficient (Wildman–Crippen LogP) is 6.44. The molecule has 4 fully saturated rings. The first-order chi connectivity index (χ1) is 27.0. The summed E-state index contributed by atoms with van der Waals surface area (Å²) in [6, 6.07) is 8.79. The molecular weight excluding hydrogens is 752 g/mol. The SMILES string of the molecule is CC[C@@H]1C[C@]1(NC(=O)[C@@H]1C[C@@H](Oc2cc(-c3cccc(NC(C)C)n3)nc3c(Cl)c(OC)ccc23)CN1C(=O)[C@@H](NC(=O)O[C@@H]1C[C@@H]2C[C@@H]2C1)C(C)(C)C)C(=O)O. The Balaban J connectivity index is 1.21. The summed E-state index contributed by atoms with van der Waals surface area (Å²) < 4.78 is 18.0. The van der Waals surface area contributed by atoms with Crippen LogP contribution in [0.15, 0.2) is 36.4 Å². The van der Waals surface area contributed by atoms with Crippen LogP contribution in [0.4, 0.5) is 10.6 Å². The van der Waals surface area contributed by atoms with Gasteiger partial charge < -0.3 is 40.2 Å². The fraction of sp³-hybridized carbons (Fsp3) is 0.571. The number of benzene rings is 1. The Bertz CT molecular complexity index is 2060. The lowest BCUT2D eigenvalue weighted by molar-refractivity contribution is -0.146. The van der Waals surface area contributed by atoms with Crippen LogP contribution in [0.25, 0.3) is 22.3 Å². The van der Waals surface area contributed by atoms with Gasteiger partial charge in [-0.25, -0.2) is 19.6 Å². The maximum atomic E-state index is 14.7. The number of rotatable bonds is 13. The number of ether oxygens (including phenoxy) is 3. The molecule has 3 aromatic rings. The smallest absolute Gasteiger partial charge is 0.408 e. The Morgan fingerprint density at radius 3 is 2.37 bits per heavy atom. The number of halogens is 1. The highest BCUT2D eigenvalue weighted by atomic mass is 35.5. The molecule has 0 bridgehead atoms. The van der Waals surface area contributed by atoms with E-state index in [-0.39, 0.29) is 36.1 Å². The van der Waals surface area contributed by atoms with E-state index in [1.165, 1.54) is 18.4 Å². The third-order valence-corrected chi connectivity index (χ3v) is 12.2. The van der Waals surface area contributed by atoms with Crippen LogP contribution in [0.2, 0.25) is 5.02 Å². The summed E-state index contributed by atoms with van der Waals surface area (Å²) in [5, 5.41) is 19.9. The summed E-state index contributed by atoms with van der Waals surface area (Å²) in [6.07, 6.45) is 2.13. The minimum absolute atomic E-state index is 0.0292. The van der Waals surface area contributed by atoms with Gasteiger partial charge in [0.1, 0.15) is 52.2 Å². The number of aromatic nitrogens is 2. The minimum Gasteiger partial charge on any atom is -0.495 e. The lowest BCUT2D eigenvalue weighted by Crippen LogP contribution is -2.59. The van der Waals surface area contributed by atoms with Crippen molar-refractivity contribution < 1.29 is 38.5 Å². The second-order valence-corrected chi connectivity index (χ2v) is 17.8. The number of nitrogens with one attached hydrogen (secondary N) is 3. The van der Waals surface area contributed by atoms with Crippen LogP contribution in [0.5, 0.6) is 11.5 Å². The fourth-order valence-corrected chi connectivity index (χ4v) is 8.85. The van der Waals surface area contributed by atoms with Gasteiger partial charge in [-0.05, 0) is 87.0 Å². The fourth-order valence-electron chi connectivity index (χ4n) is 8.57. The molecule has 7 rings (SSSR count). The number of aliphatic carboxylic acids is 1. The summed E-state index contributed by atoms with van der Waals surface area (Å²) in [4.78, 5) is 65.7. The zero-order chi connectivity index (χ0) is 41.0. The van der Waals surface area contributed by atoms with E-state index < -0.39 is 53.0 Å². The third kappa shape index (κ3) is 8.28. The van der Waals surface area contributed by atoms with Gasteiger partial charge >= 0.3 is 12.1 Å². The van der Waals surface area contributed by atoms with Crippen molar-refractivity contribution in [2.45, 2.75) is 116 Å². The van der Waals surface area contributed by atoms with E-state index in [9.17, 15) is 24.3 Å². The average Bonchev–Trinajstić information content (AvgIpc) is 3.96.